The summed E-state index contributed by atoms with van der Waals surface area (Å²) in [7, 11) is -4.09. The number of pyridine rings is 1. The molecule has 4 aromatic rings. The number of para-hydroxylation sites is 1. The fourth-order valence-electron chi connectivity index (χ4n) is 4.86. The van der Waals surface area contributed by atoms with Crippen LogP contribution in [0.15, 0.2) is 60.0 Å². The number of benzene rings is 2. The Morgan fingerprint density at radius 3 is 2.83 bits per heavy atom. The topological polar surface area (TPSA) is 106 Å². The van der Waals surface area contributed by atoms with Crippen molar-refractivity contribution in [1.29, 1.82) is 0 Å². The second-order valence-electron chi connectivity index (χ2n) is 9.45. The summed E-state index contributed by atoms with van der Waals surface area (Å²) in [5, 5.41) is 3.81. The number of hydrogen-bond donors (Lipinski definition) is 1. The monoisotopic (exact) mass is 600 g/mol. The summed E-state index contributed by atoms with van der Waals surface area (Å²) in [6.07, 6.45) is 6.77. The molecule has 5 rings (SSSR count). The molecule has 0 spiro atoms. The van der Waals surface area contributed by atoms with E-state index in [1.54, 1.807) is 18.6 Å². The Balaban J connectivity index is 1.46. The van der Waals surface area contributed by atoms with E-state index < -0.39 is 16.1 Å². The van der Waals surface area contributed by atoms with Crippen molar-refractivity contribution < 1.29 is 17.9 Å². The number of aromatic nitrogens is 3. The van der Waals surface area contributed by atoms with Gasteiger partial charge < -0.3 is 14.6 Å². The molecule has 1 atom stereocenters. The van der Waals surface area contributed by atoms with Crippen LogP contribution in [0, 0.1) is 13.8 Å². The number of sulfonamides is 1. The highest BCUT2D eigenvalue weighted by Crippen LogP contribution is 2.37. The smallest absolute Gasteiger partial charge is 0.245 e. The van der Waals surface area contributed by atoms with Crippen molar-refractivity contribution in [2.75, 3.05) is 13.1 Å². The van der Waals surface area contributed by atoms with Crippen LogP contribution in [0.5, 0.6) is 5.75 Å². The van der Waals surface area contributed by atoms with Crippen molar-refractivity contribution in [3.63, 3.8) is 0 Å². The molecule has 12 heteroatoms. The Kier molecular flexibility index (Phi) is 8.32. The summed E-state index contributed by atoms with van der Waals surface area (Å²) in [6, 6.07) is 9.58. The van der Waals surface area contributed by atoms with Gasteiger partial charge in [0.25, 0.3) is 0 Å². The van der Waals surface area contributed by atoms with Crippen LogP contribution in [0.4, 0.5) is 0 Å². The summed E-state index contributed by atoms with van der Waals surface area (Å²) in [6.45, 7) is 6.10. The van der Waals surface area contributed by atoms with Crippen LogP contribution in [0.2, 0.25) is 10.0 Å². The molecule has 1 radical (unpaired) electrons. The third-order valence-electron chi connectivity index (χ3n) is 6.78. The molecule has 0 unspecified atom stereocenters. The fourth-order valence-corrected chi connectivity index (χ4v) is 7.38. The highest BCUT2D eigenvalue weighted by Gasteiger charge is 2.40. The molecular weight excluding hydrogens is 573 g/mol. The second kappa shape index (κ2) is 11.7. The number of aryl methyl sites for hydroxylation is 1. The standard InChI is InChI=1S/C28H28Cl2N5O4S/c1-3-11-32-28(36)22-7-5-13-35(22)40(37,38)25-10-9-21(29)20(26(25)30)16-39-24-8-4-6-19-23(34-14-12-31-17-34)15-18(2)33-27(19)24/h4,6,8-10,12,14-15,17,22H,1,3,5,7,11,13,16H2,2H3,(H,32,36)/t22-/m0/s1. The molecule has 2 aromatic carbocycles. The maximum absolute atomic E-state index is 13.7. The predicted octanol–water partition coefficient (Wildman–Crippen LogP) is 5.11. The summed E-state index contributed by atoms with van der Waals surface area (Å²) in [5.74, 6) is 0.150. The molecular formula is C28H28Cl2N5O4S. The lowest BCUT2D eigenvalue weighted by molar-refractivity contribution is -0.124. The van der Waals surface area contributed by atoms with Gasteiger partial charge >= 0.3 is 0 Å². The van der Waals surface area contributed by atoms with E-state index in [2.05, 4.69) is 22.2 Å². The molecule has 2 aromatic heterocycles. The van der Waals surface area contributed by atoms with Crippen LogP contribution >= 0.6 is 23.2 Å². The molecule has 1 N–H and O–H groups in total. The zero-order valence-corrected chi connectivity index (χ0v) is 24.1. The average molecular weight is 602 g/mol. The third-order valence-corrected chi connectivity index (χ3v) is 9.63. The van der Waals surface area contributed by atoms with E-state index in [4.69, 9.17) is 27.9 Å². The molecule has 0 bridgehead atoms. The number of carbonyl (C=O) groups excluding carboxylic acids is 1. The molecule has 1 saturated heterocycles. The number of carbonyl (C=O) groups is 1. The van der Waals surface area contributed by atoms with Crippen LogP contribution in [-0.2, 0) is 21.4 Å². The molecule has 3 heterocycles. The highest BCUT2D eigenvalue weighted by atomic mass is 35.5. The van der Waals surface area contributed by atoms with Crippen LogP contribution < -0.4 is 10.1 Å². The Hall–Kier alpha value is -3.18. The normalized spacial score (nSPS) is 15.9. The maximum atomic E-state index is 13.7. The van der Waals surface area contributed by atoms with Crippen LogP contribution in [0.25, 0.3) is 16.6 Å². The summed E-state index contributed by atoms with van der Waals surface area (Å²) < 4.78 is 36.6. The van der Waals surface area contributed by atoms with Crippen molar-refractivity contribution in [3.05, 3.63) is 83.3 Å². The van der Waals surface area contributed by atoms with Crippen LogP contribution in [0.3, 0.4) is 0 Å². The molecule has 1 aliphatic heterocycles. The number of halogens is 2. The maximum Gasteiger partial charge on any atom is 0.245 e. The second-order valence-corrected chi connectivity index (χ2v) is 12.1. The van der Waals surface area contributed by atoms with Crippen LogP contribution in [-0.4, -0.2) is 52.3 Å². The first-order chi connectivity index (χ1) is 19.2. The van der Waals surface area contributed by atoms with E-state index >= 15 is 0 Å². The molecule has 9 nitrogen and oxygen atoms in total. The number of imidazole rings is 1. The minimum atomic E-state index is -4.09. The SMILES string of the molecule is [CH2]CCNC(=O)[C@@H]1CCCN1S(=O)(=O)c1ccc(Cl)c(COc2cccc3c(-n4ccnc4)cc(C)nc23)c1Cl. The summed E-state index contributed by atoms with van der Waals surface area (Å²) in [4.78, 5) is 21.4. The first-order valence-electron chi connectivity index (χ1n) is 12.8. The van der Waals surface area contributed by atoms with Crippen molar-refractivity contribution in [2.45, 2.75) is 43.7 Å². The fraction of sp³-hybridized carbons (Fsp3) is 0.286. The number of fused-ring (bicyclic) bond motifs is 1. The average Bonchev–Trinajstić information content (AvgIpc) is 3.64. The van der Waals surface area contributed by atoms with Crippen molar-refractivity contribution in [2.24, 2.45) is 0 Å². The lowest BCUT2D eigenvalue weighted by atomic mass is 10.1. The summed E-state index contributed by atoms with van der Waals surface area (Å²) >= 11 is 13.2. The number of amides is 1. The minimum absolute atomic E-state index is 0.0419. The molecule has 1 amide bonds. The van der Waals surface area contributed by atoms with Crippen LogP contribution in [0.1, 0.15) is 30.5 Å². The minimum Gasteiger partial charge on any atom is -0.487 e. The van der Waals surface area contributed by atoms with Gasteiger partial charge in [0.05, 0.1) is 17.0 Å². The largest absolute Gasteiger partial charge is 0.487 e. The van der Waals surface area contributed by atoms with Crippen molar-refractivity contribution in [3.8, 4) is 11.4 Å². The van der Waals surface area contributed by atoms with E-state index in [1.807, 2.05) is 35.9 Å². The Morgan fingerprint density at radius 2 is 2.08 bits per heavy atom. The summed E-state index contributed by atoms with van der Waals surface area (Å²) in [5.41, 5.74) is 2.64. The molecule has 40 heavy (non-hydrogen) atoms. The number of ether oxygens (including phenoxy) is 1. The highest BCUT2D eigenvalue weighted by molar-refractivity contribution is 7.89. The first-order valence-corrected chi connectivity index (χ1v) is 15.0. The molecule has 1 aliphatic rings. The lowest BCUT2D eigenvalue weighted by Crippen LogP contribution is -2.46. The Morgan fingerprint density at radius 1 is 1.25 bits per heavy atom. The predicted molar refractivity (Wildman–Crippen MR) is 154 cm³/mol. The molecule has 0 saturated carbocycles. The lowest BCUT2D eigenvalue weighted by Gasteiger charge is -2.24. The zero-order chi connectivity index (χ0) is 28.4. The van der Waals surface area contributed by atoms with E-state index in [0.717, 1.165) is 16.8 Å². The Labute approximate surface area is 243 Å². The third kappa shape index (κ3) is 5.41. The molecule has 0 aliphatic carbocycles. The van der Waals surface area contributed by atoms with Gasteiger partial charge in [-0.3, -0.25) is 4.79 Å². The quantitative estimate of drug-likeness (QED) is 0.286. The van der Waals surface area contributed by atoms with E-state index in [-0.39, 0.29) is 34.0 Å². The number of rotatable bonds is 9. The number of hydrogen-bond acceptors (Lipinski definition) is 6. The van der Waals surface area contributed by atoms with Gasteiger partial charge in [-0.25, -0.2) is 18.4 Å². The molecule has 209 valence electrons. The van der Waals surface area contributed by atoms with Crippen molar-refractivity contribution in [1.82, 2.24) is 24.2 Å². The van der Waals surface area contributed by atoms with Gasteiger partial charge in [0.2, 0.25) is 15.9 Å². The zero-order valence-electron chi connectivity index (χ0n) is 21.8. The van der Waals surface area contributed by atoms with Gasteiger partial charge in [0.15, 0.2) is 0 Å². The number of nitrogens with one attached hydrogen (secondary N) is 1. The van der Waals surface area contributed by atoms with Gasteiger partial charge in [-0.2, -0.15) is 4.31 Å². The van der Waals surface area contributed by atoms with E-state index in [1.165, 1.54) is 16.4 Å². The van der Waals surface area contributed by atoms with Gasteiger partial charge in [-0.15, -0.1) is 0 Å². The van der Waals surface area contributed by atoms with Gasteiger partial charge in [0.1, 0.15) is 28.8 Å². The first kappa shape index (κ1) is 28.4. The van der Waals surface area contributed by atoms with Gasteiger partial charge in [-0.1, -0.05) is 42.3 Å². The van der Waals surface area contributed by atoms with Crippen molar-refractivity contribution >= 4 is 50.0 Å². The number of nitrogens with zero attached hydrogens (tertiary/aromatic N) is 4. The van der Waals surface area contributed by atoms with Gasteiger partial charge in [0, 0.05) is 47.1 Å². The van der Waals surface area contributed by atoms with E-state index in [9.17, 15) is 13.2 Å². The Bertz CT molecular complexity index is 1660. The molecule has 1 fully saturated rings. The van der Waals surface area contributed by atoms with Gasteiger partial charge in [-0.05, 0) is 50.5 Å². The van der Waals surface area contributed by atoms with E-state index in [0.29, 0.717) is 42.6 Å².